The summed E-state index contributed by atoms with van der Waals surface area (Å²) >= 11 is 1.53. The van der Waals surface area contributed by atoms with Crippen molar-refractivity contribution in [2.24, 2.45) is 5.41 Å². The van der Waals surface area contributed by atoms with Gasteiger partial charge in [-0.1, -0.05) is 36.4 Å². The summed E-state index contributed by atoms with van der Waals surface area (Å²) in [6, 6.07) is 14.6. The SMILES string of the molecule is CN1CC2(CC1COCc1ccccc1)CN(C(=O)c1cccs1)C2. The van der Waals surface area contributed by atoms with Gasteiger partial charge >= 0.3 is 0 Å². The zero-order chi connectivity index (χ0) is 17.3. The van der Waals surface area contributed by atoms with E-state index < -0.39 is 0 Å². The lowest BCUT2D eigenvalue weighted by atomic mass is 9.77. The second-order valence-electron chi connectivity index (χ2n) is 7.41. The summed E-state index contributed by atoms with van der Waals surface area (Å²) in [5, 5.41) is 1.96. The molecule has 4 nitrogen and oxygen atoms in total. The Balaban J connectivity index is 1.27. The standard InChI is InChI=1S/C20H24N2O2S/c1-21-13-20(14-22(15-20)19(23)18-8-5-9-25-18)10-17(21)12-24-11-16-6-3-2-4-7-16/h2-9,17H,10-15H2,1H3. The highest BCUT2D eigenvalue weighted by atomic mass is 32.1. The van der Waals surface area contributed by atoms with Crippen LogP contribution in [0.15, 0.2) is 47.8 Å². The first-order chi connectivity index (χ1) is 12.2. The van der Waals surface area contributed by atoms with E-state index in [2.05, 4.69) is 24.1 Å². The zero-order valence-electron chi connectivity index (χ0n) is 14.6. The second kappa shape index (κ2) is 6.90. The van der Waals surface area contributed by atoms with Crippen LogP contribution in [0.5, 0.6) is 0 Å². The van der Waals surface area contributed by atoms with Gasteiger partial charge in [0, 0.05) is 31.1 Å². The van der Waals surface area contributed by atoms with Crippen LogP contribution < -0.4 is 0 Å². The maximum atomic E-state index is 12.4. The average Bonchev–Trinajstić information content (AvgIpc) is 3.22. The van der Waals surface area contributed by atoms with Gasteiger partial charge < -0.3 is 14.5 Å². The van der Waals surface area contributed by atoms with Crippen molar-refractivity contribution >= 4 is 17.2 Å². The van der Waals surface area contributed by atoms with E-state index in [4.69, 9.17) is 4.74 Å². The van der Waals surface area contributed by atoms with Crippen LogP contribution in [0.1, 0.15) is 21.7 Å². The van der Waals surface area contributed by atoms with Crippen LogP contribution in [-0.4, -0.2) is 55.0 Å². The molecule has 0 aliphatic carbocycles. The Morgan fingerprint density at radius 2 is 2.00 bits per heavy atom. The summed E-state index contributed by atoms with van der Waals surface area (Å²) < 4.78 is 5.95. The molecule has 2 aliphatic heterocycles. The van der Waals surface area contributed by atoms with Gasteiger partial charge in [-0.3, -0.25) is 4.79 Å². The van der Waals surface area contributed by atoms with Gasteiger partial charge in [-0.2, -0.15) is 0 Å². The Bertz CT molecular complexity index is 711. The van der Waals surface area contributed by atoms with Gasteiger partial charge in [-0.25, -0.2) is 0 Å². The first kappa shape index (κ1) is 16.8. The lowest BCUT2D eigenvalue weighted by Gasteiger charge is -2.48. The maximum Gasteiger partial charge on any atom is 0.263 e. The molecule has 2 aromatic rings. The third-order valence-electron chi connectivity index (χ3n) is 5.37. The van der Waals surface area contributed by atoms with Gasteiger partial charge in [0.05, 0.1) is 18.1 Å². The molecule has 2 aliphatic rings. The molecule has 0 radical (unpaired) electrons. The van der Waals surface area contributed by atoms with E-state index in [0.29, 0.717) is 12.6 Å². The maximum absolute atomic E-state index is 12.4. The highest BCUT2D eigenvalue weighted by Crippen LogP contribution is 2.42. The van der Waals surface area contributed by atoms with Gasteiger partial charge in [-0.15, -0.1) is 11.3 Å². The molecule has 3 heterocycles. The van der Waals surface area contributed by atoms with Gasteiger partial charge in [-0.05, 0) is 30.5 Å². The van der Waals surface area contributed by atoms with E-state index in [1.165, 1.54) is 16.9 Å². The molecular weight excluding hydrogens is 332 g/mol. The fourth-order valence-corrected chi connectivity index (χ4v) is 4.83. The Kier molecular flexibility index (Phi) is 4.63. The Labute approximate surface area is 153 Å². The van der Waals surface area contributed by atoms with Crippen molar-refractivity contribution in [2.75, 3.05) is 33.3 Å². The molecular formula is C20H24N2O2S. The number of hydrogen-bond donors (Lipinski definition) is 0. The van der Waals surface area contributed by atoms with Crippen LogP contribution in [0.25, 0.3) is 0 Å². The van der Waals surface area contributed by atoms with Crippen molar-refractivity contribution in [2.45, 2.75) is 19.1 Å². The lowest BCUT2D eigenvalue weighted by molar-refractivity contribution is 0.0113. The summed E-state index contributed by atoms with van der Waals surface area (Å²) in [7, 11) is 2.18. The van der Waals surface area contributed by atoms with Gasteiger partial charge in [0.2, 0.25) is 0 Å². The molecule has 1 atom stereocenters. The number of rotatable bonds is 5. The van der Waals surface area contributed by atoms with Crippen LogP contribution >= 0.6 is 11.3 Å². The topological polar surface area (TPSA) is 32.8 Å². The summed E-state index contributed by atoms with van der Waals surface area (Å²) in [5.41, 5.74) is 1.48. The first-order valence-electron chi connectivity index (χ1n) is 8.80. The summed E-state index contributed by atoms with van der Waals surface area (Å²) in [6.45, 7) is 4.24. The highest BCUT2D eigenvalue weighted by Gasteiger charge is 2.51. The monoisotopic (exact) mass is 356 g/mol. The van der Waals surface area contributed by atoms with Gasteiger partial charge in [0.15, 0.2) is 0 Å². The number of carbonyl (C=O) groups is 1. The van der Waals surface area contributed by atoms with Gasteiger partial charge in [0.25, 0.3) is 5.91 Å². The molecule has 4 rings (SSSR count). The van der Waals surface area contributed by atoms with E-state index in [1.807, 2.05) is 40.6 Å². The van der Waals surface area contributed by atoms with Crippen LogP contribution in [0, 0.1) is 5.41 Å². The van der Waals surface area contributed by atoms with Crippen molar-refractivity contribution in [1.82, 2.24) is 9.80 Å². The molecule has 132 valence electrons. The van der Waals surface area contributed by atoms with Crippen molar-refractivity contribution in [1.29, 1.82) is 0 Å². The van der Waals surface area contributed by atoms with Crippen LogP contribution in [0.2, 0.25) is 0 Å². The van der Waals surface area contributed by atoms with Crippen molar-refractivity contribution in [3.05, 3.63) is 58.3 Å². The molecule has 1 unspecified atom stereocenters. The molecule has 0 saturated carbocycles. The number of hydrogen-bond acceptors (Lipinski definition) is 4. The molecule has 1 aromatic carbocycles. The second-order valence-corrected chi connectivity index (χ2v) is 8.36. The minimum absolute atomic E-state index is 0.187. The van der Waals surface area contributed by atoms with E-state index in [1.54, 1.807) is 0 Å². The fourth-order valence-electron chi connectivity index (χ4n) is 4.14. The predicted octanol–water partition coefficient (Wildman–Crippen LogP) is 3.11. The van der Waals surface area contributed by atoms with Crippen molar-refractivity contribution in [3.63, 3.8) is 0 Å². The van der Waals surface area contributed by atoms with Crippen LogP contribution in [-0.2, 0) is 11.3 Å². The summed E-state index contributed by atoms with van der Waals surface area (Å²) in [4.78, 5) is 17.7. The number of benzene rings is 1. The lowest BCUT2D eigenvalue weighted by Crippen LogP contribution is -2.59. The number of likely N-dealkylation sites (tertiary alicyclic amines) is 2. The molecule has 1 amide bonds. The number of amides is 1. The Morgan fingerprint density at radius 3 is 2.72 bits per heavy atom. The third kappa shape index (κ3) is 3.50. The fraction of sp³-hybridized carbons (Fsp3) is 0.450. The van der Waals surface area contributed by atoms with E-state index >= 15 is 0 Å². The number of ether oxygens (including phenoxy) is 1. The molecule has 2 fully saturated rings. The molecule has 0 bridgehead atoms. The zero-order valence-corrected chi connectivity index (χ0v) is 15.4. The quantitative estimate of drug-likeness (QED) is 0.825. The Morgan fingerprint density at radius 1 is 1.20 bits per heavy atom. The number of carbonyl (C=O) groups excluding carboxylic acids is 1. The number of nitrogens with zero attached hydrogens (tertiary/aromatic N) is 2. The van der Waals surface area contributed by atoms with Crippen molar-refractivity contribution in [3.8, 4) is 0 Å². The summed E-state index contributed by atoms with van der Waals surface area (Å²) in [6.07, 6.45) is 1.12. The van der Waals surface area contributed by atoms with E-state index in [9.17, 15) is 4.79 Å². The normalized spacial score (nSPS) is 22.3. The minimum Gasteiger partial charge on any atom is -0.375 e. The van der Waals surface area contributed by atoms with E-state index in [-0.39, 0.29) is 11.3 Å². The summed E-state index contributed by atoms with van der Waals surface area (Å²) in [5.74, 6) is 0.187. The molecule has 5 heteroatoms. The number of thiophene rings is 1. The highest BCUT2D eigenvalue weighted by molar-refractivity contribution is 7.12. The van der Waals surface area contributed by atoms with Crippen LogP contribution in [0.4, 0.5) is 0 Å². The molecule has 1 aromatic heterocycles. The predicted molar refractivity (Wildman–Crippen MR) is 99.8 cm³/mol. The third-order valence-corrected chi connectivity index (χ3v) is 6.23. The molecule has 1 spiro atoms. The average molecular weight is 356 g/mol. The largest absolute Gasteiger partial charge is 0.375 e. The Hall–Kier alpha value is -1.69. The smallest absolute Gasteiger partial charge is 0.263 e. The molecule has 25 heavy (non-hydrogen) atoms. The minimum atomic E-state index is 0.187. The number of likely N-dealkylation sites (N-methyl/N-ethyl adjacent to an activating group) is 1. The van der Waals surface area contributed by atoms with Crippen LogP contribution in [0.3, 0.4) is 0 Å². The van der Waals surface area contributed by atoms with Crippen molar-refractivity contribution < 1.29 is 9.53 Å². The van der Waals surface area contributed by atoms with Gasteiger partial charge in [0.1, 0.15) is 0 Å². The molecule has 0 N–H and O–H groups in total. The first-order valence-corrected chi connectivity index (χ1v) is 9.68. The molecule has 2 saturated heterocycles. The van der Waals surface area contributed by atoms with E-state index in [0.717, 1.165) is 37.5 Å².